The van der Waals surface area contributed by atoms with Gasteiger partial charge in [-0.1, -0.05) is 25.0 Å². The van der Waals surface area contributed by atoms with Crippen LogP contribution in [0, 0.1) is 6.92 Å². The molecule has 0 bridgehead atoms. The second-order valence-corrected chi connectivity index (χ2v) is 4.51. The second-order valence-electron chi connectivity index (χ2n) is 4.51. The number of benzene rings is 1. The number of rotatable bonds is 2. The van der Waals surface area contributed by atoms with E-state index in [0.717, 1.165) is 42.5 Å². The molecule has 0 amide bonds. The lowest BCUT2D eigenvalue weighted by atomic mass is 9.88. The molecule has 1 aliphatic carbocycles. The van der Waals surface area contributed by atoms with Crippen LogP contribution in [0.25, 0.3) is 0 Å². The van der Waals surface area contributed by atoms with Crippen LogP contribution in [-0.2, 0) is 10.3 Å². The molecule has 3 heteroatoms. The van der Waals surface area contributed by atoms with Crippen LogP contribution < -0.4 is 5.73 Å². The van der Waals surface area contributed by atoms with Crippen molar-refractivity contribution >= 4 is 11.8 Å². The Balaban J connectivity index is 2.47. The summed E-state index contributed by atoms with van der Waals surface area (Å²) in [7, 11) is 0. The maximum absolute atomic E-state index is 10.6. The minimum atomic E-state index is -0.358. The fourth-order valence-electron chi connectivity index (χ4n) is 2.44. The summed E-state index contributed by atoms with van der Waals surface area (Å²) in [5.74, 6) is 0. The summed E-state index contributed by atoms with van der Waals surface area (Å²) in [5.41, 5.74) is 8.43. The topological polar surface area (TPSA) is 55.5 Å². The van der Waals surface area contributed by atoms with Gasteiger partial charge in [0.1, 0.15) is 0 Å². The summed E-state index contributed by atoms with van der Waals surface area (Å²) in [6.45, 7) is 1.98. The van der Waals surface area contributed by atoms with Gasteiger partial charge in [-0.05, 0) is 37.0 Å². The summed E-state index contributed by atoms with van der Waals surface area (Å²) < 4.78 is 0. The van der Waals surface area contributed by atoms with Crippen molar-refractivity contribution in [2.24, 2.45) is 4.99 Å². The third kappa shape index (κ3) is 1.74. The monoisotopic (exact) mass is 216 g/mol. The van der Waals surface area contributed by atoms with Gasteiger partial charge in [-0.25, -0.2) is 4.79 Å². The van der Waals surface area contributed by atoms with Crippen molar-refractivity contribution in [2.75, 3.05) is 5.73 Å². The number of nitrogens with zero attached hydrogens (tertiary/aromatic N) is 1. The third-order valence-corrected chi connectivity index (χ3v) is 3.51. The minimum absolute atomic E-state index is 0.358. The molecule has 1 saturated carbocycles. The Kier molecular flexibility index (Phi) is 2.80. The second kappa shape index (κ2) is 4.11. The number of hydrogen-bond acceptors (Lipinski definition) is 3. The van der Waals surface area contributed by atoms with Crippen molar-refractivity contribution in [1.29, 1.82) is 0 Å². The zero-order valence-electron chi connectivity index (χ0n) is 9.49. The highest BCUT2D eigenvalue weighted by Crippen LogP contribution is 2.42. The summed E-state index contributed by atoms with van der Waals surface area (Å²) in [4.78, 5) is 14.6. The molecule has 1 fully saturated rings. The highest BCUT2D eigenvalue weighted by atomic mass is 16.1. The van der Waals surface area contributed by atoms with Crippen LogP contribution in [0.4, 0.5) is 5.69 Å². The zero-order valence-corrected chi connectivity index (χ0v) is 9.49. The van der Waals surface area contributed by atoms with E-state index in [2.05, 4.69) is 4.99 Å². The summed E-state index contributed by atoms with van der Waals surface area (Å²) >= 11 is 0. The van der Waals surface area contributed by atoms with Crippen molar-refractivity contribution in [1.82, 2.24) is 0 Å². The van der Waals surface area contributed by atoms with E-state index in [9.17, 15) is 4.79 Å². The van der Waals surface area contributed by atoms with E-state index in [1.807, 2.05) is 25.1 Å². The van der Waals surface area contributed by atoms with E-state index < -0.39 is 0 Å². The Morgan fingerprint density at radius 3 is 2.62 bits per heavy atom. The van der Waals surface area contributed by atoms with Crippen LogP contribution in [0.5, 0.6) is 0 Å². The van der Waals surface area contributed by atoms with Gasteiger partial charge in [-0.15, -0.1) is 0 Å². The highest BCUT2D eigenvalue weighted by Gasteiger charge is 2.35. The van der Waals surface area contributed by atoms with Gasteiger partial charge in [0.25, 0.3) is 0 Å². The first-order valence-electron chi connectivity index (χ1n) is 5.64. The molecule has 0 radical (unpaired) electrons. The number of carbonyl (C=O) groups excluding carboxylic acids is 1. The minimum Gasteiger partial charge on any atom is -0.399 e. The summed E-state index contributed by atoms with van der Waals surface area (Å²) in [5, 5.41) is 0. The van der Waals surface area contributed by atoms with E-state index in [-0.39, 0.29) is 5.54 Å². The molecule has 0 aliphatic heterocycles. The lowest BCUT2D eigenvalue weighted by Crippen LogP contribution is -2.19. The summed E-state index contributed by atoms with van der Waals surface area (Å²) in [6.07, 6.45) is 5.78. The van der Waals surface area contributed by atoms with E-state index in [0.29, 0.717) is 0 Å². The first-order valence-corrected chi connectivity index (χ1v) is 5.64. The number of nitrogens with two attached hydrogens (primary N) is 1. The molecule has 2 N–H and O–H groups in total. The Morgan fingerprint density at radius 2 is 2.06 bits per heavy atom. The lowest BCUT2D eigenvalue weighted by molar-refractivity contribution is 0.456. The molecule has 84 valence electrons. The Morgan fingerprint density at radius 1 is 1.38 bits per heavy atom. The quantitative estimate of drug-likeness (QED) is 0.469. The lowest BCUT2D eigenvalue weighted by Gasteiger charge is -2.23. The SMILES string of the molecule is Cc1ccc(C2(N=C=O)CCCC2)cc1N. The number of aliphatic imine (C=N–C) groups is 1. The first kappa shape index (κ1) is 10.9. The van der Waals surface area contributed by atoms with E-state index in [1.165, 1.54) is 0 Å². The van der Waals surface area contributed by atoms with Crippen molar-refractivity contribution < 1.29 is 4.79 Å². The smallest absolute Gasteiger partial charge is 0.235 e. The fraction of sp³-hybridized carbons (Fsp3) is 0.462. The molecule has 2 rings (SSSR count). The van der Waals surface area contributed by atoms with Gasteiger partial charge in [0.05, 0.1) is 5.54 Å². The van der Waals surface area contributed by atoms with Gasteiger partial charge < -0.3 is 5.73 Å². The van der Waals surface area contributed by atoms with Crippen LogP contribution in [0.2, 0.25) is 0 Å². The third-order valence-electron chi connectivity index (χ3n) is 3.51. The van der Waals surface area contributed by atoms with Gasteiger partial charge in [0.15, 0.2) is 0 Å². The molecule has 0 atom stereocenters. The molecule has 0 aromatic heterocycles. The van der Waals surface area contributed by atoms with Gasteiger partial charge in [-0.2, -0.15) is 4.99 Å². The normalized spacial score (nSPS) is 18.1. The van der Waals surface area contributed by atoms with E-state index in [4.69, 9.17) is 5.73 Å². The molecule has 3 nitrogen and oxygen atoms in total. The average Bonchev–Trinajstić information content (AvgIpc) is 2.72. The fourth-order valence-corrected chi connectivity index (χ4v) is 2.44. The van der Waals surface area contributed by atoms with Gasteiger partial charge >= 0.3 is 0 Å². The van der Waals surface area contributed by atoms with Gasteiger partial charge in [0.2, 0.25) is 6.08 Å². The molecular weight excluding hydrogens is 200 g/mol. The van der Waals surface area contributed by atoms with E-state index in [1.54, 1.807) is 6.08 Å². The summed E-state index contributed by atoms with van der Waals surface area (Å²) in [6, 6.07) is 5.96. The predicted octanol–water partition coefficient (Wildman–Crippen LogP) is 2.68. The largest absolute Gasteiger partial charge is 0.399 e. The van der Waals surface area contributed by atoms with Crippen molar-refractivity contribution in [3.8, 4) is 0 Å². The average molecular weight is 216 g/mol. The van der Waals surface area contributed by atoms with Crippen molar-refractivity contribution in [3.63, 3.8) is 0 Å². The standard InChI is InChI=1S/C13H16N2O/c1-10-4-5-11(8-12(10)14)13(15-9-16)6-2-3-7-13/h4-5,8H,2-3,6-7,14H2,1H3. The van der Waals surface area contributed by atoms with Crippen molar-refractivity contribution in [2.45, 2.75) is 38.1 Å². The van der Waals surface area contributed by atoms with E-state index >= 15 is 0 Å². The number of aryl methyl sites for hydroxylation is 1. The maximum atomic E-state index is 10.6. The van der Waals surface area contributed by atoms with Crippen LogP contribution in [-0.4, -0.2) is 6.08 Å². The molecule has 1 aromatic carbocycles. The predicted molar refractivity (Wildman–Crippen MR) is 63.9 cm³/mol. The Labute approximate surface area is 95.4 Å². The number of anilines is 1. The van der Waals surface area contributed by atoms with Gasteiger partial charge in [0, 0.05) is 5.69 Å². The molecule has 0 unspecified atom stereocenters. The Hall–Kier alpha value is -1.60. The van der Waals surface area contributed by atoms with Crippen LogP contribution in [0.15, 0.2) is 23.2 Å². The molecule has 1 aliphatic rings. The Bertz CT molecular complexity index is 441. The van der Waals surface area contributed by atoms with Crippen molar-refractivity contribution in [3.05, 3.63) is 29.3 Å². The number of isocyanates is 1. The molecule has 0 saturated heterocycles. The number of hydrogen-bond donors (Lipinski definition) is 1. The van der Waals surface area contributed by atoms with Gasteiger partial charge in [-0.3, -0.25) is 0 Å². The first-order chi connectivity index (χ1) is 7.68. The van der Waals surface area contributed by atoms with Crippen LogP contribution in [0.3, 0.4) is 0 Å². The number of nitrogen functional groups attached to an aromatic ring is 1. The molecular formula is C13H16N2O. The molecule has 0 spiro atoms. The van der Waals surface area contributed by atoms with Crippen LogP contribution >= 0.6 is 0 Å². The van der Waals surface area contributed by atoms with Crippen LogP contribution in [0.1, 0.15) is 36.8 Å². The molecule has 16 heavy (non-hydrogen) atoms. The highest BCUT2D eigenvalue weighted by molar-refractivity contribution is 5.51. The molecule has 0 heterocycles. The maximum Gasteiger partial charge on any atom is 0.235 e. The molecule has 1 aromatic rings. The zero-order chi connectivity index (χ0) is 11.6.